The molecule has 0 radical (unpaired) electrons. The van der Waals surface area contributed by atoms with Crippen molar-refractivity contribution in [2.45, 2.75) is 6.42 Å². The van der Waals surface area contributed by atoms with Crippen LogP contribution in [0.25, 0.3) is 11.0 Å². The average molecular weight is 261 g/mol. The van der Waals surface area contributed by atoms with Crippen molar-refractivity contribution in [2.75, 3.05) is 0 Å². The molecule has 3 heteroatoms. The summed E-state index contributed by atoms with van der Waals surface area (Å²) in [5, 5.41) is 0.917. The number of fused-ring (bicyclic) bond motifs is 2. The van der Waals surface area contributed by atoms with Crippen LogP contribution >= 0.6 is 0 Å². The molecule has 4 rings (SSSR count). The molecule has 0 fully saturated rings. The van der Waals surface area contributed by atoms with Gasteiger partial charge in [0.05, 0.1) is 17.0 Å². The third-order valence-electron chi connectivity index (χ3n) is 3.56. The molecule has 1 aliphatic rings. The van der Waals surface area contributed by atoms with Crippen molar-refractivity contribution in [3.05, 3.63) is 76.1 Å². The second-order valence-corrected chi connectivity index (χ2v) is 4.85. The highest BCUT2D eigenvalue weighted by Crippen LogP contribution is 2.28. The molecule has 1 aromatic heterocycles. The lowest BCUT2D eigenvalue weighted by Gasteiger charge is -2.01. The second kappa shape index (κ2) is 4.17. The fourth-order valence-electron chi connectivity index (χ4n) is 2.55. The van der Waals surface area contributed by atoms with Crippen LogP contribution in [0.3, 0.4) is 0 Å². The molecular formula is C17H11NO2. The van der Waals surface area contributed by atoms with Gasteiger partial charge in [0, 0.05) is 11.8 Å². The first-order valence-electron chi connectivity index (χ1n) is 6.50. The SMILES string of the molecule is O=c1oc2ccccc2cc1C1=Nc2ccccc2C1. The van der Waals surface area contributed by atoms with Crippen LogP contribution in [0.15, 0.2) is 68.8 Å². The molecule has 0 atom stereocenters. The Morgan fingerprint density at radius 3 is 2.70 bits per heavy atom. The van der Waals surface area contributed by atoms with E-state index in [1.165, 1.54) is 0 Å². The molecule has 2 aromatic carbocycles. The van der Waals surface area contributed by atoms with E-state index in [1.807, 2.05) is 48.5 Å². The van der Waals surface area contributed by atoms with E-state index >= 15 is 0 Å². The zero-order chi connectivity index (χ0) is 13.5. The fourth-order valence-corrected chi connectivity index (χ4v) is 2.55. The van der Waals surface area contributed by atoms with E-state index in [9.17, 15) is 4.79 Å². The van der Waals surface area contributed by atoms with Gasteiger partial charge in [0.2, 0.25) is 0 Å². The minimum absolute atomic E-state index is 0.324. The topological polar surface area (TPSA) is 42.6 Å². The first kappa shape index (κ1) is 11.2. The summed E-state index contributed by atoms with van der Waals surface area (Å²) in [5.41, 5.74) is 3.71. The maximum absolute atomic E-state index is 12.1. The van der Waals surface area contributed by atoms with Crippen LogP contribution in [0.1, 0.15) is 11.1 Å². The number of para-hydroxylation sites is 2. The van der Waals surface area contributed by atoms with E-state index in [1.54, 1.807) is 6.07 Å². The zero-order valence-electron chi connectivity index (χ0n) is 10.7. The highest BCUT2D eigenvalue weighted by atomic mass is 16.4. The Hall–Kier alpha value is -2.68. The Morgan fingerprint density at radius 1 is 1.00 bits per heavy atom. The molecule has 0 aliphatic carbocycles. The zero-order valence-corrected chi connectivity index (χ0v) is 10.7. The summed E-state index contributed by atoms with van der Waals surface area (Å²) in [7, 11) is 0. The van der Waals surface area contributed by atoms with Gasteiger partial charge in [0.15, 0.2) is 0 Å². The molecule has 1 aliphatic heterocycles. The van der Waals surface area contributed by atoms with Gasteiger partial charge < -0.3 is 4.42 Å². The maximum Gasteiger partial charge on any atom is 0.345 e. The van der Waals surface area contributed by atoms with Gasteiger partial charge in [-0.15, -0.1) is 0 Å². The molecule has 0 saturated heterocycles. The standard InChI is InChI=1S/C17H11NO2/c19-17-13(9-12-6-2-4-8-16(12)20-17)15-10-11-5-1-3-7-14(11)18-15/h1-9H,10H2. The van der Waals surface area contributed by atoms with Crippen LogP contribution in [0.2, 0.25) is 0 Å². The fraction of sp³-hybridized carbons (Fsp3) is 0.0588. The van der Waals surface area contributed by atoms with E-state index in [0.717, 1.165) is 22.3 Å². The third kappa shape index (κ3) is 1.67. The lowest BCUT2D eigenvalue weighted by molar-refractivity contribution is 0.559. The Labute approximate surface area is 115 Å². The summed E-state index contributed by atoms with van der Waals surface area (Å²) in [6.07, 6.45) is 0.680. The first-order valence-corrected chi connectivity index (χ1v) is 6.50. The smallest absolute Gasteiger partial charge is 0.345 e. The molecule has 0 unspecified atom stereocenters. The lowest BCUT2D eigenvalue weighted by Crippen LogP contribution is -2.14. The maximum atomic E-state index is 12.1. The minimum Gasteiger partial charge on any atom is -0.422 e. The summed E-state index contributed by atoms with van der Waals surface area (Å²) in [6, 6.07) is 17.3. The van der Waals surface area contributed by atoms with Gasteiger partial charge in [0.25, 0.3) is 0 Å². The van der Waals surface area contributed by atoms with Gasteiger partial charge in [0.1, 0.15) is 5.58 Å². The van der Waals surface area contributed by atoms with Crippen LogP contribution in [-0.2, 0) is 6.42 Å². The highest BCUT2D eigenvalue weighted by Gasteiger charge is 2.19. The Bertz CT molecular complexity index is 906. The molecule has 3 aromatic rings. The van der Waals surface area contributed by atoms with Gasteiger partial charge >= 0.3 is 5.63 Å². The van der Waals surface area contributed by atoms with E-state index in [-0.39, 0.29) is 5.63 Å². The van der Waals surface area contributed by atoms with Gasteiger partial charge in [-0.3, -0.25) is 4.99 Å². The summed E-state index contributed by atoms with van der Waals surface area (Å²) in [6.45, 7) is 0. The molecular weight excluding hydrogens is 250 g/mol. The van der Waals surface area contributed by atoms with E-state index < -0.39 is 0 Å². The molecule has 20 heavy (non-hydrogen) atoms. The Kier molecular flexibility index (Phi) is 2.33. The lowest BCUT2D eigenvalue weighted by atomic mass is 10.0. The van der Waals surface area contributed by atoms with Crippen LogP contribution in [0, 0.1) is 0 Å². The molecule has 96 valence electrons. The van der Waals surface area contributed by atoms with Crippen molar-refractivity contribution in [1.82, 2.24) is 0 Å². The summed E-state index contributed by atoms with van der Waals surface area (Å²) >= 11 is 0. The van der Waals surface area contributed by atoms with E-state index in [0.29, 0.717) is 17.6 Å². The van der Waals surface area contributed by atoms with Crippen molar-refractivity contribution in [2.24, 2.45) is 4.99 Å². The Morgan fingerprint density at radius 2 is 1.80 bits per heavy atom. The average Bonchev–Trinajstić information content (AvgIpc) is 2.90. The quantitative estimate of drug-likeness (QED) is 0.629. The molecule has 0 saturated carbocycles. The van der Waals surface area contributed by atoms with E-state index in [2.05, 4.69) is 4.99 Å². The molecule has 0 N–H and O–H groups in total. The molecule has 2 heterocycles. The van der Waals surface area contributed by atoms with Gasteiger partial charge in [-0.1, -0.05) is 36.4 Å². The number of benzene rings is 2. The van der Waals surface area contributed by atoms with Crippen LogP contribution < -0.4 is 5.63 Å². The number of hydrogen-bond acceptors (Lipinski definition) is 3. The van der Waals surface area contributed by atoms with Gasteiger partial charge in [-0.25, -0.2) is 4.79 Å². The normalized spacial score (nSPS) is 13.3. The number of nitrogens with zero attached hydrogens (tertiary/aromatic N) is 1. The first-order chi connectivity index (χ1) is 9.81. The van der Waals surface area contributed by atoms with E-state index in [4.69, 9.17) is 4.42 Å². The Balaban J connectivity index is 1.89. The third-order valence-corrected chi connectivity index (χ3v) is 3.56. The van der Waals surface area contributed by atoms with Crippen LogP contribution in [0.5, 0.6) is 0 Å². The van der Waals surface area contributed by atoms with Gasteiger partial charge in [-0.2, -0.15) is 0 Å². The predicted octanol–water partition coefficient (Wildman–Crippen LogP) is 3.47. The monoisotopic (exact) mass is 261 g/mol. The molecule has 0 amide bonds. The predicted molar refractivity (Wildman–Crippen MR) is 78.8 cm³/mol. The largest absolute Gasteiger partial charge is 0.422 e. The summed E-state index contributed by atoms with van der Waals surface area (Å²) < 4.78 is 5.37. The van der Waals surface area contributed by atoms with Crippen LogP contribution in [0.4, 0.5) is 5.69 Å². The number of hydrogen-bond donors (Lipinski definition) is 0. The molecule has 0 spiro atoms. The van der Waals surface area contributed by atoms with Crippen molar-refractivity contribution >= 4 is 22.4 Å². The highest BCUT2D eigenvalue weighted by molar-refractivity contribution is 6.07. The molecule has 3 nitrogen and oxygen atoms in total. The number of rotatable bonds is 1. The van der Waals surface area contributed by atoms with Crippen molar-refractivity contribution in [1.29, 1.82) is 0 Å². The van der Waals surface area contributed by atoms with Crippen molar-refractivity contribution in [3.63, 3.8) is 0 Å². The van der Waals surface area contributed by atoms with Crippen LogP contribution in [-0.4, -0.2) is 5.71 Å². The molecule has 0 bridgehead atoms. The second-order valence-electron chi connectivity index (χ2n) is 4.85. The summed E-state index contributed by atoms with van der Waals surface area (Å²) in [5.74, 6) is 0. The van der Waals surface area contributed by atoms with Gasteiger partial charge in [-0.05, 0) is 23.8 Å². The minimum atomic E-state index is -0.324. The summed E-state index contributed by atoms with van der Waals surface area (Å²) in [4.78, 5) is 16.7. The van der Waals surface area contributed by atoms with Crippen molar-refractivity contribution in [3.8, 4) is 0 Å². The van der Waals surface area contributed by atoms with Crippen molar-refractivity contribution < 1.29 is 4.42 Å². The number of aliphatic imine (C=N–C) groups is 1.